The van der Waals surface area contributed by atoms with Crippen molar-refractivity contribution in [3.63, 3.8) is 0 Å². The van der Waals surface area contributed by atoms with E-state index in [1.807, 2.05) is 17.8 Å². The van der Waals surface area contributed by atoms with Crippen LogP contribution < -0.4 is 4.57 Å². The van der Waals surface area contributed by atoms with Gasteiger partial charge in [0.25, 0.3) is 0 Å². The summed E-state index contributed by atoms with van der Waals surface area (Å²) in [5.41, 5.74) is 0. The summed E-state index contributed by atoms with van der Waals surface area (Å²) >= 11 is 0. The number of rotatable bonds is 8. The normalized spacial score (nSPS) is 10.6. The second-order valence-electron chi connectivity index (χ2n) is 4.23. The summed E-state index contributed by atoms with van der Waals surface area (Å²) in [5.74, 6) is -0.681. The summed E-state index contributed by atoms with van der Waals surface area (Å²) in [6, 6.07) is 0. The molecule has 90 valence electrons. The number of carbonyl (C=O) groups is 1. The van der Waals surface area contributed by atoms with E-state index in [4.69, 9.17) is 5.11 Å². The molecule has 0 spiro atoms. The van der Waals surface area contributed by atoms with Crippen LogP contribution in [0.25, 0.3) is 0 Å². The first-order valence-corrected chi connectivity index (χ1v) is 5.91. The van der Waals surface area contributed by atoms with E-state index in [1.165, 1.54) is 12.8 Å². The molecule has 16 heavy (non-hydrogen) atoms. The van der Waals surface area contributed by atoms with E-state index in [-0.39, 0.29) is 0 Å². The summed E-state index contributed by atoms with van der Waals surface area (Å²) in [5, 5.41) is 8.46. The fourth-order valence-corrected chi connectivity index (χ4v) is 1.73. The number of imidazole rings is 1. The number of nitrogens with zero attached hydrogens (tertiary/aromatic N) is 2. The molecule has 0 aliphatic heterocycles. The highest BCUT2D eigenvalue weighted by atomic mass is 16.4. The Balaban J connectivity index is 1.94. The first kappa shape index (κ1) is 12.7. The molecule has 0 amide bonds. The third kappa shape index (κ3) is 5.53. The van der Waals surface area contributed by atoms with Gasteiger partial charge in [0.2, 0.25) is 6.33 Å². The molecule has 0 aliphatic carbocycles. The molecule has 1 aromatic rings. The van der Waals surface area contributed by atoms with Gasteiger partial charge in [0.05, 0.1) is 13.6 Å². The van der Waals surface area contributed by atoms with E-state index in [9.17, 15) is 4.79 Å². The van der Waals surface area contributed by atoms with Crippen molar-refractivity contribution in [2.75, 3.05) is 0 Å². The van der Waals surface area contributed by atoms with Gasteiger partial charge in [-0.3, -0.25) is 4.79 Å². The molecule has 0 saturated heterocycles. The highest BCUT2D eigenvalue weighted by molar-refractivity contribution is 5.66. The SMILES string of the molecule is C[n+]1ccn(CCCCCCCC(=O)O)c1. The Kier molecular flexibility index (Phi) is 5.61. The number of hydrogen-bond acceptors (Lipinski definition) is 1. The molecule has 1 rings (SSSR count). The van der Waals surface area contributed by atoms with E-state index < -0.39 is 5.97 Å². The van der Waals surface area contributed by atoms with Gasteiger partial charge >= 0.3 is 5.97 Å². The molecule has 0 unspecified atom stereocenters. The highest BCUT2D eigenvalue weighted by Gasteiger charge is 2.00. The van der Waals surface area contributed by atoms with E-state index in [0.29, 0.717) is 6.42 Å². The smallest absolute Gasteiger partial charge is 0.303 e. The van der Waals surface area contributed by atoms with Crippen LogP contribution in [0.15, 0.2) is 18.7 Å². The lowest BCUT2D eigenvalue weighted by atomic mass is 10.1. The molecule has 0 fully saturated rings. The summed E-state index contributed by atoms with van der Waals surface area (Å²) in [4.78, 5) is 10.3. The predicted molar refractivity (Wildman–Crippen MR) is 60.9 cm³/mol. The summed E-state index contributed by atoms with van der Waals surface area (Å²) < 4.78 is 4.21. The van der Waals surface area contributed by atoms with Crippen LogP contribution in [-0.4, -0.2) is 15.6 Å². The van der Waals surface area contributed by atoms with Crippen LogP contribution in [0.4, 0.5) is 0 Å². The highest BCUT2D eigenvalue weighted by Crippen LogP contribution is 2.06. The van der Waals surface area contributed by atoms with Gasteiger partial charge in [0.1, 0.15) is 12.4 Å². The topological polar surface area (TPSA) is 46.1 Å². The van der Waals surface area contributed by atoms with Crippen molar-refractivity contribution >= 4 is 5.97 Å². The fourth-order valence-electron chi connectivity index (χ4n) is 1.73. The maximum atomic E-state index is 10.3. The summed E-state index contributed by atoms with van der Waals surface area (Å²) in [6.07, 6.45) is 11.8. The monoisotopic (exact) mass is 225 g/mol. The first-order valence-electron chi connectivity index (χ1n) is 5.91. The van der Waals surface area contributed by atoms with Crippen LogP contribution in [0.2, 0.25) is 0 Å². The van der Waals surface area contributed by atoms with Crippen LogP contribution in [0, 0.1) is 0 Å². The number of carboxylic acids is 1. The number of aromatic nitrogens is 2. The number of aliphatic carboxylic acids is 1. The van der Waals surface area contributed by atoms with E-state index >= 15 is 0 Å². The van der Waals surface area contributed by atoms with Crippen molar-refractivity contribution in [2.24, 2.45) is 7.05 Å². The Morgan fingerprint density at radius 3 is 2.56 bits per heavy atom. The molecule has 1 aromatic heterocycles. The molecule has 1 heterocycles. The third-order valence-corrected chi connectivity index (χ3v) is 2.63. The zero-order chi connectivity index (χ0) is 11.8. The van der Waals surface area contributed by atoms with Gasteiger partial charge in [-0.15, -0.1) is 0 Å². The lowest BCUT2D eigenvalue weighted by Gasteiger charge is -1.98. The number of hydrogen-bond donors (Lipinski definition) is 1. The van der Waals surface area contributed by atoms with Crippen molar-refractivity contribution in [2.45, 2.75) is 45.1 Å². The van der Waals surface area contributed by atoms with E-state index in [1.54, 1.807) is 0 Å². The Morgan fingerprint density at radius 1 is 1.25 bits per heavy atom. The maximum Gasteiger partial charge on any atom is 0.303 e. The minimum Gasteiger partial charge on any atom is -0.481 e. The molecular formula is C12H21N2O2+. The van der Waals surface area contributed by atoms with Crippen molar-refractivity contribution in [3.8, 4) is 0 Å². The van der Waals surface area contributed by atoms with Crippen molar-refractivity contribution in [1.29, 1.82) is 0 Å². The van der Waals surface area contributed by atoms with Gasteiger partial charge in [-0.1, -0.05) is 12.8 Å². The zero-order valence-corrected chi connectivity index (χ0v) is 9.93. The second-order valence-corrected chi connectivity index (χ2v) is 4.23. The average molecular weight is 225 g/mol. The van der Waals surface area contributed by atoms with Gasteiger partial charge in [0.15, 0.2) is 0 Å². The minimum atomic E-state index is -0.681. The first-order chi connectivity index (χ1) is 7.68. The molecule has 0 bridgehead atoms. The average Bonchev–Trinajstić information content (AvgIpc) is 2.62. The Morgan fingerprint density at radius 2 is 1.94 bits per heavy atom. The lowest BCUT2D eigenvalue weighted by Crippen LogP contribution is -2.23. The van der Waals surface area contributed by atoms with Crippen LogP contribution in [0.5, 0.6) is 0 Å². The van der Waals surface area contributed by atoms with E-state index in [0.717, 1.165) is 25.8 Å². The molecule has 4 nitrogen and oxygen atoms in total. The zero-order valence-electron chi connectivity index (χ0n) is 9.93. The van der Waals surface area contributed by atoms with Crippen molar-refractivity contribution < 1.29 is 14.5 Å². The van der Waals surface area contributed by atoms with Gasteiger partial charge in [0, 0.05) is 6.42 Å². The summed E-state index contributed by atoms with van der Waals surface area (Å²) in [6.45, 7) is 1.06. The molecule has 4 heteroatoms. The second kappa shape index (κ2) is 7.04. The molecule has 0 radical (unpaired) electrons. The van der Waals surface area contributed by atoms with Crippen molar-refractivity contribution in [1.82, 2.24) is 4.57 Å². The number of aryl methyl sites for hydroxylation is 2. The van der Waals surface area contributed by atoms with Gasteiger partial charge in [-0.2, -0.15) is 0 Å². The summed E-state index contributed by atoms with van der Waals surface area (Å²) in [7, 11) is 2.02. The number of unbranched alkanes of at least 4 members (excludes halogenated alkanes) is 4. The molecule has 0 aliphatic rings. The Bertz CT molecular complexity index is 321. The van der Waals surface area contributed by atoms with Crippen LogP contribution in [-0.2, 0) is 18.4 Å². The van der Waals surface area contributed by atoms with Gasteiger partial charge in [-0.05, 0) is 19.3 Å². The quantitative estimate of drug-likeness (QED) is 0.541. The van der Waals surface area contributed by atoms with Crippen LogP contribution in [0.1, 0.15) is 38.5 Å². The fraction of sp³-hybridized carbons (Fsp3) is 0.667. The van der Waals surface area contributed by atoms with Crippen molar-refractivity contribution in [3.05, 3.63) is 18.7 Å². The van der Waals surface area contributed by atoms with Gasteiger partial charge < -0.3 is 5.11 Å². The predicted octanol–water partition coefficient (Wildman–Crippen LogP) is 1.74. The lowest BCUT2D eigenvalue weighted by molar-refractivity contribution is -0.671. The molecular weight excluding hydrogens is 204 g/mol. The van der Waals surface area contributed by atoms with Crippen LogP contribution >= 0.6 is 0 Å². The Hall–Kier alpha value is -1.32. The minimum absolute atomic E-state index is 0.313. The molecule has 1 N–H and O–H groups in total. The molecule has 0 atom stereocenters. The van der Waals surface area contributed by atoms with E-state index in [2.05, 4.69) is 17.1 Å². The standard InChI is InChI=1S/C12H20N2O2/c1-13-9-10-14(11-13)8-6-4-2-3-5-7-12(15)16/h9-11H,2-8H2,1H3/p+1. The largest absolute Gasteiger partial charge is 0.481 e. The van der Waals surface area contributed by atoms with Gasteiger partial charge in [-0.25, -0.2) is 9.13 Å². The Labute approximate surface area is 96.5 Å². The molecule has 0 aromatic carbocycles. The van der Waals surface area contributed by atoms with Crippen LogP contribution in [0.3, 0.4) is 0 Å². The third-order valence-electron chi connectivity index (χ3n) is 2.63. The maximum absolute atomic E-state index is 10.3. The molecule has 0 saturated carbocycles. The number of carboxylic acid groups (broad SMARTS) is 1.